The molecular formula is C14H22N4S. The van der Waals surface area contributed by atoms with Crippen molar-refractivity contribution in [1.29, 1.82) is 0 Å². The van der Waals surface area contributed by atoms with Gasteiger partial charge in [0.2, 0.25) is 0 Å². The highest BCUT2D eigenvalue weighted by atomic mass is 32.1. The molecule has 1 rings (SSSR count). The maximum absolute atomic E-state index is 5.23. The van der Waals surface area contributed by atoms with E-state index < -0.39 is 0 Å². The Balaban J connectivity index is 2.67. The third-order valence-corrected chi connectivity index (χ3v) is 3.23. The van der Waals surface area contributed by atoms with Crippen LogP contribution in [-0.4, -0.2) is 24.0 Å². The summed E-state index contributed by atoms with van der Waals surface area (Å²) >= 11 is 1.65. The molecule has 1 heterocycles. The van der Waals surface area contributed by atoms with E-state index in [0.717, 1.165) is 23.2 Å². The fourth-order valence-corrected chi connectivity index (χ4v) is 2.30. The SMILES string of the molecule is C#CCNC(=NCc1nc(C(C)(C)C)cs1)NCC. The smallest absolute Gasteiger partial charge is 0.192 e. The van der Waals surface area contributed by atoms with Crippen molar-refractivity contribution in [3.63, 3.8) is 0 Å². The van der Waals surface area contributed by atoms with Crippen molar-refractivity contribution in [2.45, 2.75) is 39.7 Å². The molecule has 0 aliphatic rings. The van der Waals surface area contributed by atoms with Gasteiger partial charge in [-0.05, 0) is 6.92 Å². The largest absolute Gasteiger partial charge is 0.357 e. The van der Waals surface area contributed by atoms with Crippen molar-refractivity contribution in [2.75, 3.05) is 13.1 Å². The van der Waals surface area contributed by atoms with Crippen LogP contribution in [0.15, 0.2) is 10.4 Å². The van der Waals surface area contributed by atoms with E-state index in [1.165, 1.54) is 0 Å². The lowest BCUT2D eigenvalue weighted by Gasteiger charge is -2.14. The Morgan fingerprint density at radius 2 is 2.21 bits per heavy atom. The first-order valence-electron chi connectivity index (χ1n) is 6.38. The number of hydrogen-bond donors (Lipinski definition) is 2. The summed E-state index contributed by atoms with van der Waals surface area (Å²) in [6, 6.07) is 0. The molecule has 0 spiro atoms. The van der Waals surface area contributed by atoms with Crippen LogP contribution in [0.5, 0.6) is 0 Å². The highest BCUT2D eigenvalue weighted by molar-refractivity contribution is 7.09. The molecule has 0 radical (unpaired) electrons. The fourth-order valence-electron chi connectivity index (χ4n) is 1.35. The summed E-state index contributed by atoms with van der Waals surface area (Å²) in [5.74, 6) is 3.26. The van der Waals surface area contributed by atoms with Gasteiger partial charge in [-0.1, -0.05) is 26.7 Å². The number of terminal acetylenes is 1. The van der Waals surface area contributed by atoms with Gasteiger partial charge in [-0.2, -0.15) is 0 Å². The van der Waals surface area contributed by atoms with Gasteiger partial charge in [-0.15, -0.1) is 17.8 Å². The van der Waals surface area contributed by atoms with Crippen LogP contribution in [0.1, 0.15) is 38.4 Å². The van der Waals surface area contributed by atoms with Gasteiger partial charge in [-0.25, -0.2) is 9.98 Å². The van der Waals surface area contributed by atoms with Crippen LogP contribution in [0.3, 0.4) is 0 Å². The minimum absolute atomic E-state index is 0.0880. The summed E-state index contributed by atoms with van der Waals surface area (Å²) in [4.78, 5) is 9.07. The van der Waals surface area contributed by atoms with Crippen LogP contribution < -0.4 is 10.6 Å². The lowest BCUT2D eigenvalue weighted by molar-refractivity contribution is 0.571. The molecule has 0 unspecified atom stereocenters. The second kappa shape index (κ2) is 7.15. The van der Waals surface area contributed by atoms with Gasteiger partial charge in [0.15, 0.2) is 5.96 Å². The lowest BCUT2D eigenvalue weighted by Crippen LogP contribution is -2.37. The quantitative estimate of drug-likeness (QED) is 0.504. The van der Waals surface area contributed by atoms with E-state index in [1.54, 1.807) is 11.3 Å². The molecule has 2 N–H and O–H groups in total. The maximum Gasteiger partial charge on any atom is 0.192 e. The molecule has 0 aromatic carbocycles. The van der Waals surface area contributed by atoms with E-state index in [0.29, 0.717) is 13.1 Å². The van der Waals surface area contributed by atoms with Gasteiger partial charge < -0.3 is 10.6 Å². The fraction of sp³-hybridized carbons (Fsp3) is 0.571. The van der Waals surface area contributed by atoms with E-state index in [2.05, 4.69) is 52.7 Å². The molecule has 0 amide bonds. The number of nitrogens with zero attached hydrogens (tertiary/aromatic N) is 2. The van der Waals surface area contributed by atoms with Gasteiger partial charge in [0.05, 0.1) is 18.8 Å². The number of aromatic nitrogens is 1. The Morgan fingerprint density at radius 3 is 2.74 bits per heavy atom. The predicted molar refractivity (Wildman–Crippen MR) is 82.5 cm³/mol. The van der Waals surface area contributed by atoms with Gasteiger partial charge in [0.1, 0.15) is 5.01 Å². The first-order chi connectivity index (χ1) is 8.97. The van der Waals surface area contributed by atoms with Crippen molar-refractivity contribution < 1.29 is 0 Å². The number of thiazole rings is 1. The third kappa shape index (κ3) is 5.31. The first-order valence-corrected chi connectivity index (χ1v) is 7.26. The highest BCUT2D eigenvalue weighted by Crippen LogP contribution is 2.24. The normalized spacial score (nSPS) is 12.1. The van der Waals surface area contributed by atoms with Crippen LogP contribution in [0.25, 0.3) is 0 Å². The van der Waals surface area contributed by atoms with E-state index in [1.807, 2.05) is 6.92 Å². The Labute approximate surface area is 119 Å². The van der Waals surface area contributed by atoms with E-state index in [4.69, 9.17) is 6.42 Å². The third-order valence-electron chi connectivity index (χ3n) is 2.39. The lowest BCUT2D eigenvalue weighted by atomic mass is 9.93. The van der Waals surface area contributed by atoms with Crippen LogP contribution in [0, 0.1) is 12.3 Å². The van der Waals surface area contributed by atoms with Crippen molar-refractivity contribution in [2.24, 2.45) is 4.99 Å². The van der Waals surface area contributed by atoms with Crippen LogP contribution in [-0.2, 0) is 12.0 Å². The van der Waals surface area contributed by atoms with E-state index in [9.17, 15) is 0 Å². The van der Waals surface area contributed by atoms with Crippen molar-refractivity contribution in [1.82, 2.24) is 15.6 Å². The molecule has 0 bridgehead atoms. The highest BCUT2D eigenvalue weighted by Gasteiger charge is 2.17. The van der Waals surface area contributed by atoms with Gasteiger partial charge >= 0.3 is 0 Å². The van der Waals surface area contributed by atoms with Crippen LogP contribution >= 0.6 is 11.3 Å². The summed E-state index contributed by atoms with van der Waals surface area (Å²) in [6.45, 7) is 10.3. The van der Waals surface area contributed by atoms with Crippen LogP contribution in [0.4, 0.5) is 0 Å². The number of hydrogen-bond acceptors (Lipinski definition) is 3. The number of rotatable bonds is 4. The summed E-state index contributed by atoms with van der Waals surface area (Å²) in [5, 5.41) is 9.32. The molecule has 0 fully saturated rings. The molecule has 0 aliphatic carbocycles. The summed E-state index contributed by atoms with van der Waals surface area (Å²) in [5.41, 5.74) is 1.20. The number of guanidine groups is 1. The number of aliphatic imine (C=N–C) groups is 1. The molecule has 0 saturated heterocycles. The topological polar surface area (TPSA) is 49.3 Å². The molecule has 0 atom stereocenters. The van der Waals surface area contributed by atoms with E-state index >= 15 is 0 Å². The van der Waals surface area contributed by atoms with Crippen molar-refractivity contribution >= 4 is 17.3 Å². The van der Waals surface area contributed by atoms with Gasteiger partial charge in [0, 0.05) is 17.3 Å². The molecular weight excluding hydrogens is 256 g/mol. The molecule has 4 nitrogen and oxygen atoms in total. The van der Waals surface area contributed by atoms with Crippen molar-refractivity contribution in [3.05, 3.63) is 16.1 Å². The molecule has 104 valence electrons. The van der Waals surface area contributed by atoms with Crippen molar-refractivity contribution in [3.8, 4) is 12.3 Å². The minimum atomic E-state index is 0.0880. The average molecular weight is 278 g/mol. The monoisotopic (exact) mass is 278 g/mol. The Bertz CT molecular complexity index is 463. The molecule has 0 saturated carbocycles. The summed E-state index contributed by atoms with van der Waals surface area (Å²) < 4.78 is 0. The second-order valence-corrected chi connectivity index (χ2v) is 6.07. The predicted octanol–water partition coefficient (Wildman–Crippen LogP) is 2.13. The van der Waals surface area contributed by atoms with Crippen LogP contribution in [0.2, 0.25) is 0 Å². The zero-order valence-corrected chi connectivity index (χ0v) is 12.9. The minimum Gasteiger partial charge on any atom is -0.357 e. The molecule has 19 heavy (non-hydrogen) atoms. The zero-order chi connectivity index (χ0) is 14.3. The average Bonchev–Trinajstić information content (AvgIpc) is 2.81. The molecule has 1 aromatic rings. The summed E-state index contributed by atoms with van der Waals surface area (Å²) in [6.07, 6.45) is 5.23. The zero-order valence-electron chi connectivity index (χ0n) is 12.1. The first kappa shape index (κ1) is 15.5. The Hall–Kier alpha value is -1.54. The Morgan fingerprint density at radius 1 is 1.47 bits per heavy atom. The molecule has 1 aromatic heterocycles. The maximum atomic E-state index is 5.23. The van der Waals surface area contributed by atoms with Gasteiger partial charge in [0.25, 0.3) is 0 Å². The second-order valence-electron chi connectivity index (χ2n) is 5.13. The number of nitrogens with one attached hydrogen (secondary N) is 2. The molecule has 0 aliphatic heterocycles. The van der Waals surface area contributed by atoms with Gasteiger partial charge in [-0.3, -0.25) is 0 Å². The van der Waals surface area contributed by atoms with E-state index in [-0.39, 0.29) is 5.41 Å². The Kier molecular flexibility index (Phi) is 5.84. The standard InChI is InChI=1S/C14H22N4S/c1-6-8-16-13(15-7-2)17-9-12-18-11(10-19-12)14(3,4)5/h1,10H,7-9H2,2-5H3,(H2,15,16,17). The summed E-state index contributed by atoms with van der Waals surface area (Å²) in [7, 11) is 0. The molecule has 5 heteroatoms.